The number of halogens is 3. The molecule has 1 saturated heterocycles. The van der Waals surface area contributed by atoms with Crippen LogP contribution in [-0.4, -0.2) is 30.0 Å². The molecule has 1 aromatic heterocycles. The summed E-state index contributed by atoms with van der Waals surface area (Å²) in [5.74, 6) is 0.0892. The third-order valence-electron chi connectivity index (χ3n) is 5.35. The molecule has 2 aromatic carbocycles. The van der Waals surface area contributed by atoms with Crippen LogP contribution in [0, 0.1) is 0 Å². The lowest BCUT2D eigenvalue weighted by molar-refractivity contribution is -0.137. The number of nitrogens with zero attached hydrogens (tertiary/aromatic N) is 1. The summed E-state index contributed by atoms with van der Waals surface area (Å²) in [6.07, 6.45) is -2.91. The first-order chi connectivity index (χ1) is 14.9. The van der Waals surface area contributed by atoms with Crippen molar-refractivity contribution >= 4 is 5.91 Å². The minimum Gasteiger partial charge on any atom is -0.451 e. The fourth-order valence-corrected chi connectivity index (χ4v) is 3.63. The van der Waals surface area contributed by atoms with Crippen LogP contribution < -0.4 is 0 Å². The van der Waals surface area contributed by atoms with Crippen LogP contribution in [0.1, 0.15) is 34.5 Å². The molecule has 0 N–H and O–H groups in total. The number of furan rings is 1. The van der Waals surface area contributed by atoms with Gasteiger partial charge in [0.15, 0.2) is 5.76 Å². The molecule has 4 rings (SSSR count). The van der Waals surface area contributed by atoms with E-state index in [1.54, 1.807) is 4.90 Å². The number of benzene rings is 2. The molecular formula is C24H22F3NO3. The number of hydrogen-bond donors (Lipinski definition) is 0. The van der Waals surface area contributed by atoms with Gasteiger partial charge in [-0.05, 0) is 42.7 Å². The fraction of sp³-hybridized carbons (Fsp3) is 0.292. The minimum atomic E-state index is -4.44. The van der Waals surface area contributed by atoms with Gasteiger partial charge in [-0.2, -0.15) is 13.2 Å². The van der Waals surface area contributed by atoms with Crippen LogP contribution in [-0.2, 0) is 17.5 Å². The van der Waals surface area contributed by atoms with E-state index in [1.807, 2.05) is 30.3 Å². The van der Waals surface area contributed by atoms with Crippen LogP contribution in [0.5, 0.6) is 0 Å². The molecule has 1 aliphatic heterocycles. The van der Waals surface area contributed by atoms with E-state index in [9.17, 15) is 18.0 Å². The van der Waals surface area contributed by atoms with Crippen molar-refractivity contribution in [3.8, 4) is 11.3 Å². The molecule has 0 unspecified atom stereocenters. The second-order valence-corrected chi connectivity index (χ2v) is 7.53. The van der Waals surface area contributed by atoms with Crippen molar-refractivity contribution in [1.29, 1.82) is 0 Å². The Kier molecular flexibility index (Phi) is 6.13. The zero-order valence-electron chi connectivity index (χ0n) is 16.8. The molecule has 162 valence electrons. The monoisotopic (exact) mass is 429 g/mol. The largest absolute Gasteiger partial charge is 0.451 e. The lowest BCUT2D eigenvalue weighted by atomic mass is 10.1. The third kappa shape index (κ3) is 5.17. The van der Waals surface area contributed by atoms with Gasteiger partial charge in [0.1, 0.15) is 5.76 Å². The summed E-state index contributed by atoms with van der Waals surface area (Å²) in [5.41, 5.74) is 0.632. The van der Waals surface area contributed by atoms with Crippen LogP contribution >= 0.6 is 0 Å². The standard InChI is InChI=1S/C24H22F3NO3/c25-24(26,27)19-8-4-7-18(15-19)21-9-10-22(31-21)23(29)28-13-11-20(12-14-28)30-16-17-5-2-1-3-6-17/h1-10,15,20H,11-14,16H2. The van der Waals surface area contributed by atoms with Gasteiger partial charge in [-0.15, -0.1) is 0 Å². The van der Waals surface area contributed by atoms with E-state index in [2.05, 4.69) is 0 Å². The van der Waals surface area contributed by atoms with E-state index in [4.69, 9.17) is 9.15 Å². The summed E-state index contributed by atoms with van der Waals surface area (Å²) >= 11 is 0. The number of carbonyl (C=O) groups excluding carboxylic acids is 1. The Morgan fingerprint density at radius 1 is 1.00 bits per heavy atom. The van der Waals surface area contributed by atoms with Gasteiger partial charge in [0.25, 0.3) is 5.91 Å². The molecule has 2 heterocycles. The van der Waals surface area contributed by atoms with E-state index < -0.39 is 11.7 Å². The molecule has 0 spiro atoms. The van der Waals surface area contributed by atoms with E-state index in [-0.39, 0.29) is 29.1 Å². The second kappa shape index (κ2) is 8.98. The number of hydrogen-bond acceptors (Lipinski definition) is 3. The maximum absolute atomic E-state index is 12.9. The summed E-state index contributed by atoms with van der Waals surface area (Å²) in [6.45, 7) is 1.62. The third-order valence-corrected chi connectivity index (χ3v) is 5.35. The second-order valence-electron chi connectivity index (χ2n) is 7.53. The fourth-order valence-electron chi connectivity index (χ4n) is 3.63. The van der Waals surface area contributed by atoms with Gasteiger partial charge in [-0.25, -0.2) is 0 Å². The van der Waals surface area contributed by atoms with E-state index in [1.165, 1.54) is 24.3 Å². The molecule has 3 aromatic rings. The average Bonchev–Trinajstić information content (AvgIpc) is 3.28. The van der Waals surface area contributed by atoms with Gasteiger partial charge in [0, 0.05) is 18.7 Å². The molecule has 1 amide bonds. The van der Waals surface area contributed by atoms with Crippen LogP contribution in [0.4, 0.5) is 13.2 Å². The van der Waals surface area contributed by atoms with Crippen LogP contribution in [0.15, 0.2) is 71.1 Å². The Bertz CT molecular complexity index is 1020. The van der Waals surface area contributed by atoms with E-state index >= 15 is 0 Å². The van der Waals surface area contributed by atoms with Crippen molar-refractivity contribution in [2.75, 3.05) is 13.1 Å². The van der Waals surface area contributed by atoms with Crippen LogP contribution in [0.2, 0.25) is 0 Å². The summed E-state index contributed by atoms with van der Waals surface area (Å²) in [4.78, 5) is 14.5. The van der Waals surface area contributed by atoms with Gasteiger partial charge in [-0.3, -0.25) is 4.79 Å². The van der Waals surface area contributed by atoms with Crippen molar-refractivity contribution < 1.29 is 27.1 Å². The zero-order valence-corrected chi connectivity index (χ0v) is 16.8. The highest BCUT2D eigenvalue weighted by atomic mass is 19.4. The number of alkyl halides is 3. The number of ether oxygens (including phenoxy) is 1. The minimum absolute atomic E-state index is 0.0847. The predicted molar refractivity (Wildman–Crippen MR) is 109 cm³/mol. The van der Waals surface area contributed by atoms with Gasteiger partial charge < -0.3 is 14.1 Å². The quantitative estimate of drug-likeness (QED) is 0.516. The van der Waals surface area contributed by atoms with Crippen LogP contribution in [0.25, 0.3) is 11.3 Å². The normalized spacial score (nSPS) is 15.3. The number of carbonyl (C=O) groups is 1. The molecule has 1 aliphatic rings. The van der Waals surface area contributed by atoms with Crippen molar-refractivity contribution in [2.24, 2.45) is 0 Å². The number of likely N-dealkylation sites (tertiary alicyclic amines) is 1. The van der Waals surface area contributed by atoms with Crippen molar-refractivity contribution in [3.05, 3.63) is 83.6 Å². The lowest BCUT2D eigenvalue weighted by Gasteiger charge is -2.31. The summed E-state index contributed by atoms with van der Waals surface area (Å²) < 4.78 is 50.4. The Morgan fingerprint density at radius 3 is 2.45 bits per heavy atom. The highest BCUT2D eigenvalue weighted by Gasteiger charge is 2.31. The summed E-state index contributed by atoms with van der Waals surface area (Å²) in [5, 5.41) is 0. The van der Waals surface area contributed by atoms with Gasteiger partial charge in [-0.1, -0.05) is 42.5 Å². The molecule has 0 atom stereocenters. The highest BCUT2D eigenvalue weighted by Crippen LogP contribution is 2.33. The van der Waals surface area contributed by atoms with Crippen molar-refractivity contribution in [2.45, 2.75) is 31.7 Å². The number of rotatable bonds is 5. The first-order valence-corrected chi connectivity index (χ1v) is 10.1. The maximum Gasteiger partial charge on any atom is 0.416 e. The van der Waals surface area contributed by atoms with E-state index in [0.717, 1.165) is 30.5 Å². The molecular weight excluding hydrogens is 407 g/mol. The zero-order chi connectivity index (χ0) is 21.8. The van der Waals surface area contributed by atoms with Crippen LogP contribution in [0.3, 0.4) is 0 Å². The molecule has 1 fully saturated rings. The maximum atomic E-state index is 12.9. The van der Waals surface area contributed by atoms with Gasteiger partial charge in [0.05, 0.1) is 18.3 Å². The Labute approximate surface area is 178 Å². The highest BCUT2D eigenvalue weighted by molar-refractivity contribution is 5.92. The number of amides is 1. The van der Waals surface area contributed by atoms with E-state index in [0.29, 0.717) is 19.7 Å². The molecule has 0 aliphatic carbocycles. The van der Waals surface area contributed by atoms with Crippen molar-refractivity contribution in [3.63, 3.8) is 0 Å². The Morgan fingerprint density at radius 2 is 1.74 bits per heavy atom. The molecule has 4 nitrogen and oxygen atoms in total. The number of piperidine rings is 1. The van der Waals surface area contributed by atoms with Crippen molar-refractivity contribution in [1.82, 2.24) is 4.90 Å². The Balaban J connectivity index is 1.34. The molecule has 31 heavy (non-hydrogen) atoms. The SMILES string of the molecule is O=C(c1ccc(-c2cccc(C(F)(F)F)c2)o1)N1CCC(OCc2ccccc2)CC1. The molecule has 0 radical (unpaired) electrons. The molecule has 0 bridgehead atoms. The topological polar surface area (TPSA) is 42.7 Å². The molecule has 7 heteroatoms. The first-order valence-electron chi connectivity index (χ1n) is 10.1. The summed E-state index contributed by atoms with van der Waals surface area (Å²) in [6, 6.07) is 17.8. The Hall–Kier alpha value is -3.06. The first kappa shape index (κ1) is 21.2. The predicted octanol–water partition coefficient (Wildman–Crippen LogP) is 5.79. The smallest absolute Gasteiger partial charge is 0.416 e. The van der Waals surface area contributed by atoms with Gasteiger partial charge >= 0.3 is 6.18 Å². The van der Waals surface area contributed by atoms with Gasteiger partial charge in [0.2, 0.25) is 0 Å². The molecule has 0 saturated carbocycles. The summed E-state index contributed by atoms with van der Waals surface area (Å²) in [7, 11) is 0. The average molecular weight is 429 g/mol. The lowest BCUT2D eigenvalue weighted by Crippen LogP contribution is -2.40.